The molecule has 0 spiro atoms. The number of ether oxygens (including phenoxy) is 1. The van der Waals surface area contributed by atoms with Gasteiger partial charge in [0.1, 0.15) is 6.04 Å². The molecule has 2 N–H and O–H groups in total. The Bertz CT molecular complexity index is 475. The highest BCUT2D eigenvalue weighted by molar-refractivity contribution is 5.73. The second kappa shape index (κ2) is 5.48. The predicted octanol–water partition coefficient (Wildman–Crippen LogP) is 2.01. The molecule has 0 amide bonds. The SMILES string of the molecule is COc1cc(C(C)N2CCCC2C(=O)O)ccc1O. The van der Waals surface area contributed by atoms with Crippen LogP contribution in [0.25, 0.3) is 0 Å². The largest absolute Gasteiger partial charge is 0.504 e. The Labute approximate surface area is 112 Å². The van der Waals surface area contributed by atoms with Gasteiger partial charge in [0, 0.05) is 6.04 Å². The van der Waals surface area contributed by atoms with Crippen molar-refractivity contribution in [2.24, 2.45) is 0 Å². The zero-order valence-electron chi connectivity index (χ0n) is 11.2. The van der Waals surface area contributed by atoms with Gasteiger partial charge in [-0.05, 0) is 44.0 Å². The average Bonchev–Trinajstić information content (AvgIpc) is 2.87. The lowest BCUT2D eigenvalue weighted by molar-refractivity contribution is -0.142. The van der Waals surface area contributed by atoms with Crippen LogP contribution in [0, 0.1) is 0 Å². The first-order valence-corrected chi connectivity index (χ1v) is 6.40. The van der Waals surface area contributed by atoms with Crippen LogP contribution in [0.15, 0.2) is 18.2 Å². The van der Waals surface area contributed by atoms with Crippen LogP contribution >= 0.6 is 0 Å². The summed E-state index contributed by atoms with van der Waals surface area (Å²) in [5.74, 6) is -0.264. The molecule has 1 aromatic rings. The van der Waals surface area contributed by atoms with Crippen LogP contribution in [0.5, 0.6) is 11.5 Å². The van der Waals surface area contributed by atoms with Crippen LogP contribution in [0.3, 0.4) is 0 Å². The number of hydrogen-bond acceptors (Lipinski definition) is 4. The zero-order valence-corrected chi connectivity index (χ0v) is 11.2. The maximum Gasteiger partial charge on any atom is 0.320 e. The normalized spacial score (nSPS) is 21.3. The van der Waals surface area contributed by atoms with Gasteiger partial charge in [-0.1, -0.05) is 6.07 Å². The number of aliphatic carboxylic acids is 1. The number of methoxy groups -OCH3 is 1. The zero-order chi connectivity index (χ0) is 14.0. The molecule has 1 fully saturated rings. The van der Waals surface area contributed by atoms with Crippen molar-refractivity contribution < 1.29 is 19.7 Å². The van der Waals surface area contributed by atoms with Gasteiger partial charge in [0.25, 0.3) is 0 Å². The Morgan fingerprint density at radius 2 is 2.26 bits per heavy atom. The van der Waals surface area contributed by atoms with Crippen molar-refractivity contribution >= 4 is 5.97 Å². The van der Waals surface area contributed by atoms with Gasteiger partial charge in [0.2, 0.25) is 0 Å². The fraction of sp³-hybridized carbons (Fsp3) is 0.500. The molecular weight excluding hydrogens is 246 g/mol. The van der Waals surface area contributed by atoms with Gasteiger partial charge in [0.15, 0.2) is 11.5 Å². The summed E-state index contributed by atoms with van der Waals surface area (Å²) in [5, 5.41) is 18.8. The third-order valence-corrected chi connectivity index (χ3v) is 3.76. The highest BCUT2D eigenvalue weighted by atomic mass is 16.5. The third kappa shape index (κ3) is 2.66. The van der Waals surface area contributed by atoms with E-state index in [4.69, 9.17) is 4.74 Å². The van der Waals surface area contributed by atoms with Gasteiger partial charge in [-0.2, -0.15) is 0 Å². The quantitative estimate of drug-likeness (QED) is 0.871. The van der Waals surface area contributed by atoms with E-state index in [-0.39, 0.29) is 11.8 Å². The number of rotatable bonds is 4. The number of phenolic OH excluding ortho intramolecular Hbond substituents is 1. The summed E-state index contributed by atoms with van der Waals surface area (Å²) in [5.41, 5.74) is 0.947. The lowest BCUT2D eigenvalue weighted by Gasteiger charge is -2.28. The highest BCUT2D eigenvalue weighted by Crippen LogP contribution is 2.34. The van der Waals surface area contributed by atoms with E-state index in [0.717, 1.165) is 18.5 Å². The van der Waals surface area contributed by atoms with E-state index in [1.165, 1.54) is 7.11 Å². The summed E-state index contributed by atoms with van der Waals surface area (Å²) >= 11 is 0. The van der Waals surface area contributed by atoms with Crippen LogP contribution in [0.2, 0.25) is 0 Å². The molecule has 0 radical (unpaired) electrons. The molecule has 1 heterocycles. The van der Waals surface area contributed by atoms with Gasteiger partial charge in [-0.3, -0.25) is 9.69 Å². The summed E-state index contributed by atoms with van der Waals surface area (Å²) in [7, 11) is 1.50. The van der Waals surface area contributed by atoms with Crippen molar-refractivity contribution in [1.29, 1.82) is 0 Å². The molecule has 0 saturated carbocycles. The number of phenols is 1. The maximum atomic E-state index is 11.2. The number of carbonyl (C=O) groups is 1. The van der Waals surface area contributed by atoms with Gasteiger partial charge in [0.05, 0.1) is 7.11 Å². The standard InChI is InChI=1S/C14H19NO4/c1-9(15-7-3-4-11(15)14(17)18)10-5-6-12(16)13(8-10)19-2/h5-6,8-9,11,16H,3-4,7H2,1-2H3,(H,17,18). The molecule has 1 aliphatic heterocycles. The van der Waals surface area contributed by atoms with Gasteiger partial charge in [-0.25, -0.2) is 0 Å². The molecule has 1 aliphatic rings. The molecule has 1 aromatic carbocycles. The van der Waals surface area contributed by atoms with Gasteiger partial charge < -0.3 is 14.9 Å². The number of aromatic hydroxyl groups is 1. The van der Waals surface area contributed by atoms with Crippen molar-refractivity contribution in [3.8, 4) is 11.5 Å². The van der Waals surface area contributed by atoms with E-state index in [9.17, 15) is 15.0 Å². The molecule has 2 unspecified atom stereocenters. The Morgan fingerprint density at radius 1 is 1.53 bits per heavy atom. The van der Waals surface area contributed by atoms with Crippen molar-refractivity contribution in [1.82, 2.24) is 4.90 Å². The van der Waals surface area contributed by atoms with Gasteiger partial charge >= 0.3 is 5.97 Å². The number of likely N-dealkylation sites (tertiary alicyclic amines) is 1. The molecular formula is C14H19NO4. The van der Waals surface area contributed by atoms with E-state index in [1.54, 1.807) is 18.2 Å². The lowest BCUT2D eigenvalue weighted by atomic mass is 10.1. The number of carboxylic acid groups (broad SMARTS) is 1. The van der Waals surface area contributed by atoms with Gasteiger partial charge in [-0.15, -0.1) is 0 Å². The second-order valence-electron chi connectivity index (χ2n) is 4.84. The van der Waals surface area contributed by atoms with Crippen LogP contribution in [-0.2, 0) is 4.79 Å². The predicted molar refractivity (Wildman–Crippen MR) is 70.4 cm³/mol. The molecule has 2 rings (SSSR count). The van der Waals surface area contributed by atoms with E-state index < -0.39 is 12.0 Å². The Hall–Kier alpha value is -1.75. The Balaban J connectivity index is 2.23. The van der Waals surface area contributed by atoms with Crippen molar-refractivity contribution in [3.05, 3.63) is 23.8 Å². The number of carboxylic acids is 1. The maximum absolute atomic E-state index is 11.2. The average molecular weight is 265 g/mol. The van der Waals surface area contributed by atoms with Crippen LogP contribution in [0.4, 0.5) is 0 Å². The van der Waals surface area contributed by atoms with Crippen LogP contribution < -0.4 is 4.74 Å². The smallest absolute Gasteiger partial charge is 0.320 e. The first-order valence-electron chi connectivity index (χ1n) is 6.40. The van der Waals surface area contributed by atoms with Crippen molar-refractivity contribution in [2.75, 3.05) is 13.7 Å². The molecule has 104 valence electrons. The summed E-state index contributed by atoms with van der Waals surface area (Å²) in [6.45, 7) is 2.76. The summed E-state index contributed by atoms with van der Waals surface area (Å²) in [6.07, 6.45) is 1.59. The van der Waals surface area contributed by atoms with E-state index in [0.29, 0.717) is 12.2 Å². The molecule has 2 atom stereocenters. The fourth-order valence-corrected chi connectivity index (χ4v) is 2.66. The second-order valence-corrected chi connectivity index (χ2v) is 4.84. The van der Waals surface area contributed by atoms with Crippen LogP contribution in [0.1, 0.15) is 31.4 Å². The molecule has 1 saturated heterocycles. The Morgan fingerprint density at radius 3 is 2.89 bits per heavy atom. The molecule has 19 heavy (non-hydrogen) atoms. The van der Waals surface area contributed by atoms with E-state index >= 15 is 0 Å². The molecule has 0 aliphatic carbocycles. The topological polar surface area (TPSA) is 70.0 Å². The molecule has 0 aromatic heterocycles. The third-order valence-electron chi connectivity index (χ3n) is 3.76. The van der Waals surface area contributed by atoms with Crippen LogP contribution in [-0.4, -0.2) is 40.8 Å². The fourth-order valence-electron chi connectivity index (χ4n) is 2.66. The minimum atomic E-state index is -0.768. The first kappa shape index (κ1) is 13.7. The first-order chi connectivity index (χ1) is 9.04. The van der Waals surface area contributed by atoms with Crippen molar-refractivity contribution in [2.45, 2.75) is 31.8 Å². The highest BCUT2D eigenvalue weighted by Gasteiger charge is 2.34. The number of benzene rings is 1. The molecule has 0 bridgehead atoms. The minimum absolute atomic E-state index is 0.0156. The number of nitrogens with zero attached hydrogens (tertiary/aromatic N) is 1. The summed E-state index contributed by atoms with van der Waals surface area (Å²) < 4.78 is 5.09. The Kier molecular flexibility index (Phi) is 3.95. The number of hydrogen-bond donors (Lipinski definition) is 2. The van der Waals surface area contributed by atoms with Crippen molar-refractivity contribution in [3.63, 3.8) is 0 Å². The molecule has 5 nitrogen and oxygen atoms in total. The lowest BCUT2D eigenvalue weighted by Crippen LogP contribution is -2.37. The summed E-state index contributed by atoms with van der Waals surface area (Å²) in [4.78, 5) is 13.2. The molecule has 5 heteroatoms. The monoisotopic (exact) mass is 265 g/mol. The van der Waals surface area contributed by atoms with E-state index in [2.05, 4.69) is 0 Å². The van der Waals surface area contributed by atoms with E-state index in [1.807, 2.05) is 11.8 Å². The summed E-state index contributed by atoms with van der Waals surface area (Å²) in [6, 6.07) is 4.71. The minimum Gasteiger partial charge on any atom is -0.504 e.